The number of hydrogen-bond donors (Lipinski definition) is 2. The lowest BCUT2D eigenvalue weighted by Gasteiger charge is -2.28. The van der Waals surface area contributed by atoms with Crippen molar-refractivity contribution in [3.8, 4) is 11.4 Å². The van der Waals surface area contributed by atoms with Crippen molar-refractivity contribution in [1.29, 1.82) is 0 Å². The second kappa shape index (κ2) is 8.93. The minimum Gasteiger partial charge on any atom is -0.328 e. The van der Waals surface area contributed by atoms with E-state index in [1.807, 2.05) is 18.2 Å². The summed E-state index contributed by atoms with van der Waals surface area (Å²) in [6, 6.07) is 19.5. The van der Waals surface area contributed by atoms with Gasteiger partial charge in [0.15, 0.2) is 5.82 Å². The molecule has 0 spiro atoms. The molecular weight excluding hydrogens is 476 g/mol. The number of rotatable bonds is 4. The van der Waals surface area contributed by atoms with Crippen molar-refractivity contribution < 1.29 is 9.18 Å². The average Bonchev–Trinajstić information content (AvgIpc) is 3.22. The number of allylic oxidation sites excluding steroid dienone is 1. The molecule has 170 valence electrons. The highest BCUT2D eigenvalue weighted by Gasteiger charge is 2.34. The van der Waals surface area contributed by atoms with Gasteiger partial charge in [-0.05, 0) is 55.0 Å². The first-order valence-corrected chi connectivity index (χ1v) is 11.2. The summed E-state index contributed by atoms with van der Waals surface area (Å²) >= 11 is 12.4. The van der Waals surface area contributed by atoms with Gasteiger partial charge >= 0.3 is 0 Å². The van der Waals surface area contributed by atoms with Gasteiger partial charge < -0.3 is 10.6 Å². The van der Waals surface area contributed by atoms with Crippen LogP contribution in [0.1, 0.15) is 18.5 Å². The first-order chi connectivity index (χ1) is 16.4. The molecule has 0 aliphatic carbocycles. The van der Waals surface area contributed by atoms with E-state index in [0.29, 0.717) is 49.9 Å². The molecule has 1 atom stereocenters. The second-order valence-corrected chi connectivity index (χ2v) is 8.61. The number of nitrogens with one attached hydrogen (secondary N) is 2. The number of nitrogens with zero attached hydrogens (tertiary/aromatic N) is 3. The standard InChI is InChI=1S/C25H18Cl2FN5O/c1-14-21(24(34)30-18-5-3-2-4-6-18)22(15-7-10-17(28)11-8-15)33-25(29-14)31-23(32-33)19-12-9-16(26)13-20(19)27/h2-13,22H,1H3,(H,30,34)(H,29,31,32). The van der Waals surface area contributed by atoms with Gasteiger partial charge in [-0.25, -0.2) is 9.07 Å². The highest BCUT2D eigenvalue weighted by molar-refractivity contribution is 6.36. The van der Waals surface area contributed by atoms with Crippen molar-refractivity contribution in [3.05, 3.63) is 105 Å². The maximum Gasteiger partial charge on any atom is 0.255 e. The molecule has 1 unspecified atom stereocenters. The molecule has 1 aromatic heterocycles. The molecule has 2 N–H and O–H groups in total. The number of carbonyl (C=O) groups excluding carboxylic acids is 1. The average molecular weight is 494 g/mol. The van der Waals surface area contributed by atoms with E-state index in [0.717, 1.165) is 0 Å². The van der Waals surface area contributed by atoms with Gasteiger partial charge in [0.25, 0.3) is 5.91 Å². The SMILES string of the molecule is CC1=C(C(=O)Nc2ccccc2)C(c2ccc(F)cc2)n2nc(-c3ccc(Cl)cc3Cl)nc2N1. The van der Waals surface area contributed by atoms with Gasteiger partial charge in [-0.2, -0.15) is 4.98 Å². The smallest absolute Gasteiger partial charge is 0.255 e. The molecule has 9 heteroatoms. The fraction of sp³-hybridized carbons (Fsp3) is 0.0800. The number of benzene rings is 3. The van der Waals surface area contributed by atoms with E-state index >= 15 is 0 Å². The summed E-state index contributed by atoms with van der Waals surface area (Å²) in [5, 5.41) is 11.7. The second-order valence-electron chi connectivity index (χ2n) is 7.77. The Kier molecular flexibility index (Phi) is 5.81. The molecule has 0 saturated carbocycles. The quantitative estimate of drug-likeness (QED) is 0.349. The molecule has 1 aliphatic rings. The number of hydrogen-bond acceptors (Lipinski definition) is 4. The lowest BCUT2D eigenvalue weighted by Crippen LogP contribution is -2.31. The summed E-state index contributed by atoms with van der Waals surface area (Å²) < 4.78 is 15.3. The van der Waals surface area contributed by atoms with Crippen LogP contribution >= 0.6 is 23.2 Å². The highest BCUT2D eigenvalue weighted by atomic mass is 35.5. The van der Waals surface area contributed by atoms with Crippen LogP contribution in [0.5, 0.6) is 0 Å². The van der Waals surface area contributed by atoms with Gasteiger partial charge in [-0.1, -0.05) is 53.5 Å². The first-order valence-electron chi connectivity index (χ1n) is 10.4. The van der Waals surface area contributed by atoms with Crippen LogP contribution in [0.3, 0.4) is 0 Å². The zero-order valence-corrected chi connectivity index (χ0v) is 19.4. The van der Waals surface area contributed by atoms with Gasteiger partial charge in [-0.15, -0.1) is 5.10 Å². The summed E-state index contributed by atoms with van der Waals surface area (Å²) in [6.07, 6.45) is 0. The van der Waals surface area contributed by atoms with Crippen molar-refractivity contribution >= 4 is 40.7 Å². The molecule has 5 rings (SSSR count). The van der Waals surface area contributed by atoms with E-state index < -0.39 is 6.04 Å². The van der Waals surface area contributed by atoms with Crippen LogP contribution < -0.4 is 10.6 Å². The number of fused-ring (bicyclic) bond motifs is 1. The van der Waals surface area contributed by atoms with E-state index in [1.54, 1.807) is 54.1 Å². The van der Waals surface area contributed by atoms with Crippen molar-refractivity contribution in [3.63, 3.8) is 0 Å². The molecule has 34 heavy (non-hydrogen) atoms. The van der Waals surface area contributed by atoms with Crippen LogP contribution in [0.4, 0.5) is 16.0 Å². The Hall–Kier alpha value is -3.68. The Morgan fingerprint density at radius 3 is 2.50 bits per heavy atom. The fourth-order valence-electron chi connectivity index (χ4n) is 3.90. The maximum absolute atomic E-state index is 13.7. The summed E-state index contributed by atoms with van der Waals surface area (Å²) in [5.74, 6) is 0.122. The number of carbonyl (C=O) groups is 1. The van der Waals surface area contributed by atoms with Gasteiger partial charge in [0.1, 0.15) is 11.9 Å². The zero-order chi connectivity index (χ0) is 23.8. The van der Waals surface area contributed by atoms with E-state index in [-0.39, 0.29) is 11.7 Å². The first kappa shape index (κ1) is 22.1. The van der Waals surface area contributed by atoms with Gasteiger partial charge in [0, 0.05) is 22.0 Å². The number of amides is 1. The normalized spacial score (nSPS) is 15.0. The van der Waals surface area contributed by atoms with Crippen LogP contribution in [-0.2, 0) is 4.79 Å². The Morgan fingerprint density at radius 1 is 1.06 bits per heavy atom. The molecule has 4 aromatic rings. The van der Waals surface area contributed by atoms with Crippen molar-refractivity contribution in [2.24, 2.45) is 0 Å². The number of aromatic nitrogens is 3. The van der Waals surface area contributed by atoms with Gasteiger partial charge in [0.05, 0.1) is 10.6 Å². The number of halogens is 3. The molecular formula is C25H18Cl2FN5O. The summed E-state index contributed by atoms with van der Waals surface area (Å²) in [7, 11) is 0. The fourth-order valence-corrected chi connectivity index (χ4v) is 4.40. The monoisotopic (exact) mass is 493 g/mol. The zero-order valence-electron chi connectivity index (χ0n) is 17.9. The minimum atomic E-state index is -0.645. The number of para-hydroxylation sites is 1. The molecule has 1 aliphatic heterocycles. The van der Waals surface area contributed by atoms with E-state index in [1.165, 1.54) is 12.1 Å². The van der Waals surface area contributed by atoms with Crippen LogP contribution in [-0.4, -0.2) is 20.7 Å². The predicted octanol–water partition coefficient (Wildman–Crippen LogP) is 6.32. The summed E-state index contributed by atoms with van der Waals surface area (Å²) in [5.41, 5.74) is 2.97. The summed E-state index contributed by atoms with van der Waals surface area (Å²) in [6.45, 7) is 1.80. The minimum absolute atomic E-state index is 0.308. The predicted molar refractivity (Wildman–Crippen MR) is 131 cm³/mol. The van der Waals surface area contributed by atoms with E-state index in [2.05, 4.69) is 20.7 Å². The Balaban J connectivity index is 1.61. The van der Waals surface area contributed by atoms with Gasteiger partial charge in [-0.3, -0.25) is 4.79 Å². The lowest BCUT2D eigenvalue weighted by molar-refractivity contribution is -0.113. The topological polar surface area (TPSA) is 71.8 Å². The van der Waals surface area contributed by atoms with Crippen molar-refractivity contribution in [2.75, 3.05) is 10.6 Å². The van der Waals surface area contributed by atoms with Crippen LogP contribution in [0.25, 0.3) is 11.4 Å². The maximum atomic E-state index is 13.7. The van der Waals surface area contributed by atoms with E-state index in [9.17, 15) is 9.18 Å². The summed E-state index contributed by atoms with van der Waals surface area (Å²) in [4.78, 5) is 18.0. The third-order valence-electron chi connectivity index (χ3n) is 5.49. The van der Waals surface area contributed by atoms with Gasteiger partial charge in [0.2, 0.25) is 5.95 Å². The van der Waals surface area contributed by atoms with Crippen LogP contribution in [0, 0.1) is 5.82 Å². The third-order valence-corrected chi connectivity index (χ3v) is 6.03. The third kappa shape index (κ3) is 4.16. The van der Waals surface area contributed by atoms with Crippen molar-refractivity contribution in [2.45, 2.75) is 13.0 Å². The molecule has 2 heterocycles. The molecule has 0 fully saturated rings. The Morgan fingerprint density at radius 2 is 1.79 bits per heavy atom. The molecule has 1 amide bonds. The molecule has 0 bridgehead atoms. The van der Waals surface area contributed by atoms with E-state index in [4.69, 9.17) is 23.2 Å². The highest BCUT2D eigenvalue weighted by Crippen LogP contribution is 2.38. The largest absolute Gasteiger partial charge is 0.328 e. The molecule has 6 nitrogen and oxygen atoms in total. The molecule has 0 radical (unpaired) electrons. The van der Waals surface area contributed by atoms with Crippen LogP contribution in [0.15, 0.2) is 84.1 Å². The van der Waals surface area contributed by atoms with Crippen LogP contribution in [0.2, 0.25) is 10.0 Å². The lowest BCUT2D eigenvalue weighted by atomic mass is 9.95. The Labute approximate surface area is 205 Å². The Bertz CT molecular complexity index is 1420. The molecule has 3 aromatic carbocycles. The van der Waals surface area contributed by atoms with Crippen molar-refractivity contribution in [1.82, 2.24) is 14.8 Å². The number of anilines is 2. The molecule has 0 saturated heterocycles.